The van der Waals surface area contributed by atoms with Gasteiger partial charge in [-0.05, 0) is 31.2 Å². The van der Waals surface area contributed by atoms with E-state index in [0.29, 0.717) is 5.56 Å². The Hall–Kier alpha value is -1.45. The first-order valence-corrected chi connectivity index (χ1v) is 4.72. The van der Waals surface area contributed by atoms with E-state index in [9.17, 15) is 13.6 Å². The summed E-state index contributed by atoms with van der Waals surface area (Å²) >= 11 is 0. The van der Waals surface area contributed by atoms with Gasteiger partial charge in [-0.1, -0.05) is 0 Å². The summed E-state index contributed by atoms with van der Waals surface area (Å²) in [4.78, 5) is 10.9. The van der Waals surface area contributed by atoms with Crippen LogP contribution in [0.3, 0.4) is 0 Å². The first-order valence-electron chi connectivity index (χ1n) is 4.72. The fourth-order valence-corrected chi connectivity index (χ4v) is 1.15. The zero-order valence-electron chi connectivity index (χ0n) is 8.47. The van der Waals surface area contributed by atoms with Crippen molar-refractivity contribution in [2.75, 3.05) is 11.9 Å². The smallest absolute Gasteiger partial charge is 0.240 e. The molecule has 0 aliphatic carbocycles. The van der Waals surface area contributed by atoms with E-state index < -0.39 is 6.43 Å². The Morgan fingerprint density at radius 3 is 2.40 bits per heavy atom. The largest absolute Gasteiger partial charge is 0.385 e. The molecule has 0 unspecified atom stereocenters. The molecule has 0 spiro atoms. The highest BCUT2D eigenvalue weighted by atomic mass is 19.3. The van der Waals surface area contributed by atoms with Gasteiger partial charge in [-0.2, -0.15) is 0 Å². The van der Waals surface area contributed by atoms with Crippen LogP contribution in [0.1, 0.15) is 23.7 Å². The number of ketones is 1. The summed E-state index contributed by atoms with van der Waals surface area (Å²) in [5, 5.41) is 2.85. The summed E-state index contributed by atoms with van der Waals surface area (Å²) in [7, 11) is 0. The normalized spacial score (nSPS) is 10.4. The number of anilines is 1. The molecule has 0 fully saturated rings. The molecule has 4 heteroatoms. The van der Waals surface area contributed by atoms with E-state index in [1.165, 1.54) is 6.92 Å². The van der Waals surface area contributed by atoms with Crippen molar-refractivity contribution < 1.29 is 13.6 Å². The van der Waals surface area contributed by atoms with Crippen LogP contribution < -0.4 is 5.32 Å². The van der Waals surface area contributed by atoms with Gasteiger partial charge in [0.05, 0.1) is 0 Å². The van der Waals surface area contributed by atoms with Crippen LogP contribution in [0.15, 0.2) is 24.3 Å². The minimum atomic E-state index is -2.28. The maximum Gasteiger partial charge on any atom is 0.240 e. The Balaban J connectivity index is 2.46. The zero-order chi connectivity index (χ0) is 11.3. The Labute approximate surface area is 87.3 Å². The van der Waals surface area contributed by atoms with Gasteiger partial charge in [0.2, 0.25) is 6.43 Å². The van der Waals surface area contributed by atoms with E-state index in [4.69, 9.17) is 0 Å². The van der Waals surface area contributed by atoms with Crippen LogP contribution in [0, 0.1) is 0 Å². The molecule has 0 bridgehead atoms. The molecular formula is C11H13F2NO. The molecule has 0 aliphatic heterocycles. The molecular weight excluding hydrogens is 200 g/mol. The van der Waals surface area contributed by atoms with Crippen molar-refractivity contribution in [1.82, 2.24) is 0 Å². The highest BCUT2D eigenvalue weighted by molar-refractivity contribution is 5.94. The molecule has 0 aromatic heterocycles. The Morgan fingerprint density at radius 1 is 1.33 bits per heavy atom. The maximum absolute atomic E-state index is 11.8. The van der Waals surface area contributed by atoms with Crippen LogP contribution in [0.5, 0.6) is 0 Å². The van der Waals surface area contributed by atoms with Crippen LogP contribution in [0.4, 0.5) is 14.5 Å². The van der Waals surface area contributed by atoms with Crippen LogP contribution in [-0.2, 0) is 0 Å². The third-order valence-electron chi connectivity index (χ3n) is 1.98. The molecule has 82 valence electrons. The van der Waals surface area contributed by atoms with Crippen molar-refractivity contribution in [2.24, 2.45) is 0 Å². The van der Waals surface area contributed by atoms with Crippen molar-refractivity contribution in [2.45, 2.75) is 19.8 Å². The summed E-state index contributed by atoms with van der Waals surface area (Å²) in [6.45, 7) is 1.72. The van der Waals surface area contributed by atoms with E-state index in [1.807, 2.05) is 0 Å². The van der Waals surface area contributed by atoms with E-state index >= 15 is 0 Å². The number of hydrogen-bond donors (Lipinski definition) is 1. The van der Waals surface area contributed by atoms with E-state index in [2.05, 4.69) is 5.32 Å². The maximum atomic E-state index is 11.8. The number of carbonyl (C=O) groups excluding carboxylic acids is 1. The monoisotopic (exact) mass is 213 g/mol. The summed E-state index contributed by atoms with van der Waals surface area (Å²) < 4.78 is 23.6. The lowest BCUT2D eigenvalue weighted by Gasteiger charge is -2.06. The summed E-state index contributed by atoms with van der Waals surface area (Å²) in [5.74, 6) is -0.00543. The molecule has 2 nitrogen and oxygen atoms in total. The molecule has 0 aliphatic rings. The third kappa shape index (κ3) is 4.06. The third-order valence-corrected chi connectivity index (χ3v) is 1.98. The highest BCUT2D eigenvalue weighted by Crippen LogP contribution is 2.10. The fraction of sp³-hybridized carbons (Fsp3) is 0.364. The second kappa shape index (κ2) is 5.44. The topological polar surface area (TPSA) is 29.1 Å². The lowest BCUT2D eigenvalue weighted by Crippen LogP contribution is -2.06. The van der Waals surface area contributed by atoms with Crippen LogP contribution in [0.25, 0.3) is 0 Å². The average Bonchev–Trinajstić information content (AvgIpc) is 2.18. The van der Waals surface area contributed by atoms with Gasteiger partial charge in [-0.25, -0.2) is 8.78 Å². The van der Waals surface area contributed by atoms with Crippen molar-refractivity contribution >= 4 is 11.5 Å². The second-order valence-corrected chi connectivity index (χ2v) is 3.24. The first-order chi connectivity index (χ1) is 7.09. The quantitative estimate of drug-likeness (QED) is 0.762. The Morgan fingerprint density at radius 2 is 1.93 bits per heavy atom. The average molecular weight is 213 g/mol. The molecule has 0 radical (unpaired) electrons. The summed E-state index contributed by atoms with van der Waals surface area (Å²) in [6.07, 6.45) is -2.46. The molecule has 0 saturated heterocycles. The van der Waals surface area contributed by atoms with Gasteiger partial charge in [0.25, 0.3) is 0 Å². The van der Waals surface area contributed by atoms with Crippen LogP contribution in [-0.4, -0.2) is 18.8 Å². The number of Topliss-reactive ketones (excluding diaryl/α,β-unsaturated/α-hetero) is 1. The predicted octanol–water partition coefficient (Wildman–Crippen LogP) is 2.96. The predicted molar refractivity (Wildman–Crippen MR) is 55.6 cm³/mol. The van der Waals surface area contributed by atoms with Gasteiger partial charge < -0.3 is 5.32 Å². The number of alkyl halides is 2. The number of rotatable bonds is 5. The first kappa shape index (κ1) is 11.6. The molecule has 15 heavy (non-hydrogen) atoms. The highest BCUT2D eigenvalue weighted by Gasteiger charge is 2.02. The van der Waals surface area contributed by atoms with Gasteiger partial charge in [0, 0.05) is 24.2 Å². The Bertz CT molecular complexity index is 322. The Kier molecular flexibility index (Phi) is 4.21. The van der Waals surface area contributed by atoms with E-state index in [0.717, 1.165) is 5.69 Å². The summed E-state index contributed by atoms with van der Waals surface area (Å²) in [6, 6.07) is 6.77. The second-order valence-electron chi connectivity index (χ2n) is 3.24. The molecule has 1 rings (SSSR count). The van der Waals surface area contributed by atoms with E-state index in [1.54, 1.807) is 24.3 Å². The molecule has 0 saturated carbocycles. The number of halogens is 2. The van der Waals surface area contributed by atoms with Crippen LogP contribution >= 0.6 is 0 Å². The van der Waals surface area contributed by atoms with Gasteiger partial charge in [0.1, 0.15) is 0 Å². The van der Waals surface area contributed by atoms with E-state index in [-0.39, 0.29) is 18.7 Å². The lowest BCUT2D eigenvalue weighted by atomic mass is 10.1. The SMILES string of the molecule is CC(=O)c1ccc(NCCC(F)F)cc1. The molecule has 0 amide bonds. The van der Waals surface area contributed by atoms with Gasteiger partial charge in [-0.3, -0.25) is 4.79 Å². The minimum absolute atomic E-state index is 0.00543. The molecule has 0 atom stereocenters. The molecule has 1 aromatic rings. The van der Waals surface area contributed by atoms with Crippen molar-refractivity contribution in [3.8, 4) is 0 Å². The number of nitrogens with one attached hydrogen (secondary N) is 1. The minimum Gasteiger partial charge on any atom is -0.385 e. The van der Waals surface area contributed by atoms with Gasteiger partial charge in [0.15, 0.2) is 5.78 Å². The standard InChI is InChI=1S/C11H13F2NO/c1-8(15)9-2-4-10(5-3-9)14-7-6-11(12)13/h2-5,11,14H,6-7H2,1H3. The number of carbonyl (C=O) groups is 1. The van der Waals surface area contributed by atoms with Crippen LogP contribution in [0.2, 0.25) is 0 Å². The fourth-order valence-electron chi connectivity index (χ4n) is 1.15. The summed E-state index contributed by atoms with van der Waals surface area (Å²) in [5.41, 5.74) is 1.37. The van der Waals surface area contributed by atoms with Crippen molar-refractivity contribution in [3.63, 3.8) is 0 Å². The molecule has 0 heterocycles. The number of hydrogen-bond acceptors (Lipinski definition) is 2. The molecule has 1 aromatic carbocycles. The van der Waals surface area contributed by atoms with Crippen molar-refractivity contribution in [1.29, 1.82) is 0 Å². The molecule has 1 N–H and O–H groups in total. The zero-order valence-corrected chi connectivity index (χ0v) is 8.47. The number of benzene rings is 1. The van der Waals surface area contributed by atoms with Gasteiger partial charge >= 0.3 is 0 Å². The lowest BCUT2D eigenvalue weighted by molar-refractivity contribution is 0.101. The van der Waals surface area contributed by atoms with Crippen molar-refractivity contribution in [3.05, 3.63) is 29.8 Å². The van der Waals surface area contributed by atoms with Gasteiger partial charge in [-0.15, -0.1) is 0 Å².